The van der Waals surface area contributed by atoms with E-state index in [1.807, 2.05) is 48.2 Å². The van der Waals surface area contributed by atoms with Crippen LogP contribution in [0.2, 0.25) is 31.2 Å². The van der Waals surface area contributed by atoms with E-state index in [0.29, 0.717) is 0 Å². The predicted molar refractivity (Wildman–Crippen MR) is 649 cm³/mol. The summed E-state index contributed by atoms with van der Waals surface area (Å²) in [6.45, 7) is 46.9. The summed E-state index contributed by atoms with van der Waals surface area (Å²) in [4.78, 5) is 14.0. The number of hydrogen-bond acceptors (Lipinski definition) is 7. The van der Waals surface area contributed by atoms with E-state index < -0.39 is 24.2 Å². The average molecular weight is 2010 g/mol. The molecule has 0 radical (unpaired) electrons. The summed E-state index contributed by atoms with van der Waals surface area (Å²) in [6.07, 6.45) is 0. The van der Waals surface area contributed by atoms with Crippen molar-refractivity contribution >= 4 is 135 Å². The highest BCUT2D eigenvalue weighted by Crippen LogP contribution is 2.55. The Labute approximate surface area is 891 Å². The molecule has 0 saturated carbocycles. The minimum atomic E-state index is -2.13. The quantitative estimate of drug-likeness (QED) is 0.128. The lowest BCUT2D eigenvalue weighted by Gasteiger charge is -2.44. The van der Waals surface area contributed by atoms with Gasteiger partial charge in [0.1, 0.15) is 16.1 Å². The SMILES string of the molecule is CC(C)(C)[Si](c1ccccc1)(c1ccccc1)c1ccccc1.CC(C)(C)c1ccc2c(c1)-c1ccccc1C2(C)C.CC(C)(C)c1ccc2c(c1)-c1ccccc1[Si]2(C)C.CC(C)(C)c1ccc2c(c1)C(C)(C)c1ccccc1-2.CN1c2ccccc2N(c2ccccc2)c2ccccc21.CN1c2ccccc2Oc2ccccc21.CN1c2ccccc2Sc2ccccc21.CN1c2ccccc2[Si](C)(C)c2ccccc21. The van der Waals surface area contributed by atoms with E-state index in [1.165, 1.54) is 149 Å². The molecule has 0 unspecified atom stereocenters. The van der Waals surface area contributed by atoms with Gasteiger partial charge in [0.15, 0.2) is 19.6 Å². The van der Waals surface area contributed by atoms with Crippen LogP contribution in [0.1, 0.15) is 150 Å². The molecule has 0 fully saturated rings. The van der Waals surface area contributed by atoms with Crippen LogP contribution in [-0.4, -0.2) is 52.4 Å². The fourth-order valence-electron chi connectivity index (χ4n) is 23.0. The summed E-state index contributed by atoms with van der Waals surface area (Å²) in [5.74, 6) is 1.83. The number of ether oxygens (including phenoxy) is 1. The van der Waals surface area contributed by atoms with Crippen LogP contribution in [-0.2, 0) is 27.1 Å². The van der Waals surface area contributed by atoms with Crippen molar-refractivity contribution in [3.8, 4) is 44.9 Å². The fourth-order valence-corrected chi connectivity index (χ4v) is 36.0. The van der Waals surface area contributed by atoms with Crippen molar-refractivity contribution in [1.82, 2.24) is 0 Å². The molecule has 0 aromatic heterocycles. The molecule has 25 rings (SSSR count). The molecule has 18 aromatic rings. The monoisotopic (exact) mass is 2000 g/mol. The number of benzene rings is 18. The molecule has 18 aromatic carbocycles. The van der Waals surface area contributed by atoms with Crippen molar-refractivity contribution in [1.29, 1.82) is 0 Å². The largest absolute Gasteiger partial charge is 0.453 e. The zero-order valence-electron chi connectivity index (χ0n) is 91.2. The number of para-hydroxylation sites is 13. The molecule has 0 amide bonds. The van der Waals surface area contributed by atoms with E-state index in [2.05, 4.69) is 596 Å². The first-order valence-electron chi connectivity index (χ1n) is 52.5. The highest BCUT2D eigenvalue weighted by atomic mass is 32.2. The molecular formula is C138H145N5OSSi3. The normalized spacial score (nSPS) is 14.4. The number of nitrogens with zero attached hydrogens (tertiary/aromatic N) is 5. The van der Waals surface area contributed by atoms with Gasteiger partial charge in [0.2, 0.25) is 0 Å². The standard InChI is InChI=1S/C22H24Si.C19H16N2.2C19H22.C18H22Si.C15H17NSi.C13H11NO.C13H11NS/c1-22(2,3)23(19-13-7-4-8-14-19,20-15-9-5-10-16-20)21-17-11-6-12-18-21;1-20-16-11-5-7-13-18(16)21(15-9-3-2-4-10-15)19-14-8-6-12-17(19)20;1-18(2,3)13-10-11-17-15(12-13)14-8-6-7-9-16(14)19(17,4)5;1-18(2,3)13-10-11-15-14-8-6-7-9-16(14)19(4,5)17(15)12-13;1-18(2,3)13-10-11-17-15(12-13)14-8-6-7-9-16(14)19(17,4)5;1-16-12-8-4-6-10-14(12)17(2,3)15-11-7-5-9-13(15)16;2*1-14-10-6-2-4-8-12(10)15-13-9-5-3-7-11(13)14/h4-18H,1-3H3;2-14H,1H3;3*6-12H,1-5H3;4-11H,1-3H3;2*2-9H,1H3. The van der Waals surface area contributed by atoms with Gasteiger partial charge in [0.25, 0.3) is 0 Å². The minimum absolute atomic E-state index is 0.118. The van der Waals surface area contributed by atoms with Crippen molar-refractivity contribution in [3.05, 3.63) is 482 Å². The summed E-state index contributed by atoms with van der Waals surface area (Å²) >= 11 is 1.84. The lowest BCUT2D eigenvalue weighted by molar-refractivity contribution is 0.475. The van der Waals surface area contributed by atoms with Crippen LogP contribution in [0, 0.1) is 0 Å². The molecule has 0 saturated heterocycles. The third kappa shape index (κ3) is 20.1. The second-order valence-electron chi connectivity index (χ2n) is 46.3. The van der Waals surface area contributed by atoms with E-state index in [9.17, 15) is 0 Å². The van der Waals surface area contributed by atoms with Crippen LogP contribution < -0.4 is 65.5 Å². The number of rotatable bonds is 4. The lowest BCUT2D eigenvalue weighted by atomic mass is 9.79. The van der Waals surface area contributed by atoms with Gasteiger partial charge < -0.3 is 29.2 Å². The van der Waals surface area contributed by atoms with Crippen LogP contribution in [0.15, 0.2) is 453 Å². The Hall–Kier alpha value is -14.2. The van der Waals surface area contributed by atoms with Crippen molar-refractivity contribution in [2.75, 3.05) is 52.7 Å². The van der Waals surface area contributed by atoms with Gasteiger partial charge in [-0.25, -0.2) is 0 Å². The minimum Gasteiger partial charge on any atom is -0.453 e. The Morgan fingerprint density at radius 2 is 0.527 bits per heavy atom. The highest BCUT2D eigenvalue weighted by Gasteiger charge is 2.50. The van der Waals surface area contributed by atoms with Crippen molar-refractivity contribution < 1.29 is 4.74 Å². The number of anilines is 11. The number of fused-ring (bicyclic) bond motifs is 17. The van der Waals surface area contributed by atoms with Gasteiger partial charge in [0, 0.05) is 65.9 Å². The molecule has 148 heavy (non-hydrogen) atoms. The van der Waals surface area contributed by atoms with Gasteiger partial charge in [-0.15, -0.1) is 0 Å². The molecule has 0 N–H and O–H groups in total. The summed E-state index contributed by atoms with van der Waals surface area (Å²) in [6, 6.07) is 159. The Morgan fingerprint density at radius 1 is 0.236 bits per heavy atom. The molecule has 0 spiro atoms. The molecule has 5 aliphatic heterocycles. The third-order valence-electron chi connectivity index (χ3n) is 31.3. The summed E-state index contributed by atoms with van der Waals surface area (Å²) in [5, 5.41) is 10.9. The molecule has 5 heterocycles. The molecule has 10 heteroatoms. The summed E-state index contributed by atoms with van der Waals surface area (Å²) in [5.41, 5.74) is 33.2. The first-order valence-corrected chi connectivity index (χ1v) is 61.3. The smallest absolute Gasteiger partial charge is 0.153 e. The Kier molecular flexibility index (Phi) is 29.3. The van der Waals surface area contributed by atoms with Crippen LogP contribution in [0.4, 0.5) is 62.6 Å². The highest BCUT2D eigenvalue weighted by molar-refractivity contribution is 7.99. The molecule has 2 aliphatic carbocycles. The van der Waals surface area contributed by atoms with E-state index >= 15 is 0 Å². The van der Waals surface area contributed by atoms with Gasteiger partial charge in [-0.1, -0.05) is 495 Å². The van der Waals surface area contributed by atoms with Crippen LogP contribution in [0.25, 0.3) is 33.4 Å². The molecule has 6 nitrogen and oxygen atoms in total. The molecule has 746 valence electrons. The van der Waals surface area contributed by atoms with E-state index in [0.717, 1.165) is 22.9 Å². The van der Waals surface area contributed by atoms with Gasteiger partial charge in [0.05, 0.1) is 45.5 Å². The van der Waals surface area contributed by atoms with E-state index in [4.69, 9.17) is 4.74 Å². The zero-order chi connectivity index (χ0) is 105. The topological polar surface area (TPSA) is 25.4 Å². The molecule has 0 atom stereocenters. The maximum absolute atomic E-state index is 5.81. The van der Waals surface area contributed by atoms with Crippen molar-refractivity contribution in [3.63, 3.8) is 0 Å². The summed E-state index contributed by atoms with van der Waals surface area (Å²) in [7, 11) is 3.37. The second-order valence-corrected chi connectivity index (χ2v) is 60.7. The first-order chi connectivity index (χ1) is 70.7. The first kappa shape index (κ1) is 104. The maximum Gasteiger partial charge on any atom is 0.153 e. The van der Waals surface area contributed by atoms with Gasteiger partial charge in [-0.2, -0.15) is 0 Å². The zero-order valence-corrected chi connectivity index (χ0v) is 95.0. The Bertz CT molecular complexity index is 7300. The van der Waals surface area contributed by atoms with Crippen LogP contribution in [0.3, 0.4) is 0 Å². The molecule has 7 aliphatic rings. The number of hydrogen-bond donors (Lipinski definition) is 0. The lowest BCUT2D eigenvalue weighted by Crippen LogP contribution is -2.72. The third-order valence-corrected chi connectivity index (χ3v) is 45.4. The Morgan fingerprint density at radius 3 is 0.980 bits per heavy atom. The summed E-state index contributed by atoms with van der Waals surface area (Å²) < 4.78 is 5.81. The van der Waals surface area contributed by atoms with Gasteiger partial charge in [-0.3, -0.25) is 0 Å². The van der Waals surface area contributed by atoms with E-state index in [-0.39, 0.29) is 32.1 Å². The van der Waals surface area contributed by atoms with Crippen LogP contribution >= 0.6 is 11.8 Å². The predicted octanol–water partition coefficient (Wildman–Crippen LogP) is 33.6. The van der Waals surface area contributed by atoms with Crippen molar-refractivity contribution in [2.24, 2.45) is 0 Å². The molecular weight excluding hydrogens is 1860 g/mol. The second kappa shape index (κ2) is 41.8. The fraction of sp³-hybridized carbons (Fsp3) is 0.217. The van der Waals surface area contributed by atoms with Crippen LogP contribution in [0.5, 0.6) is 11.5 Å². The van der Waals surface area contributed by atoms with Gasteiger partial charge in [-0.05, 0) is 227 Å². The van der Waals surface area contributed by atoms with Gasteiger partial charge >= 0.3 is 0 Å². The van der Waals surface area contributed by atoms with Crippen molar-refractivity contribution in [2.45, 2.75) is 179 Å². The average Bonchev–Trinajstić information content (AvgIpc) is 1.68. The van der Waals surface area contributed by atoms with E-state index in [1.54, 1.807) is 20.7 Å². The maximum atomic E-state index is 5.81. The Balaban J connectivity index is 0.000000111. The molecule has 0 bridgehead atoms.